The van der Waals surface area contributed by atoms with Crippen LogP contribution in [0.3, 0.4) is 0 Å². The summed E-state index contributed by atoms with van der Waals surface area (Å²) in [5.41, 5.74) is 5.81. The average Bonchev–Trinajstić information content (AvgIpc) is 2.45. The molecule has 22 heavy (non-hydrogen) atoms. The van der Waals surface area contributed by atoms with E-state index in [1.54, 1.807) is 5.56 Å². The van der Waals surface area contributed by atoms with Crippen molar-refractivity contribution >= 4 is 16.8 Å². The fourth-order valence-corrected chi connectivity index (χ4v) is 5.66. The number of thioether (sulfide) groups is 1. The van der Waals surface area contributed by atoms with Gasteiger partial charge in [0, 0.05) is 5.25 Å². The molecule has 0 aromatic heterocycles. The van der Waals surface area contributed by atoms with Crippen LogP contribution in [0.5, 0.6) is 0 Å². The van der Waals surface area contributed by atoms with Gasteiger partial charge in [0.2, 0.25) is 5.04 Å². The van der Waals surface area contributed by atoms with Gasteiger partial charge in [-0.3, -0.25) is 0 Å². The molecule has 2 aliphatic rings. The maximum Gasteiger partial charge on any atom is 0.218 e. The molecule has 0 N–H and O–H groups in total. The topological polar surface area (TPSA) is 3.01 Å². The fraction of sp³-hybridized carbons (Fsp3) is 0.450. The van der Waals surface area contributed by atoms with Crippen molar-refractivity contribution < 1.29 is 4.58 Å². The highest BCUT2D eigenvalue weighted by Gasteiger charge is 2.39. The van der Waals surface area contributed by atoms with Crippen molar-refractivity contribution in [3.8, 4) is 0 Å². The molecule has 0 radical (unpaired) electrons. The maximum atomic E-state index is 2.40. The number of benzene rings is 1. The number of nitrogens with zero attached hydrogens (tertiary/aromatic N) is 1. The van der Waals surface area contributed by atoms with Gasteiger partial charge in [0.1, 0.15) is 14.1 Å². The summed E-state index contributed by atoms with van der Waals surface area (Å²) >= 11 is 2.07. The number of allylic oxidation sites excluding steroid dienone is 4. The minimum Gasteiger partial charge on any atom is -0.233 e. The standard InChI is InChI=1S/C20H26NS/c1-13-10-14(2)19(15(3)11-13)18-12-16-8-6-7-9-17(16)20(22-18)21(4)5/h6-11,16-18H,12H2,1-5H3/q+1. The summed E-state index contributed by atoms with van der Waals surface area (Å²) in [5, 5.41) is 2.07. The zero-order chi connectivity index (χ0) is 15.9. The lowest BCUT2D eigenvalue weighted by Gasteiger charge is -2.34. The quantitative estimate of drug-likeness (QED) is 0.672. The van der Waals surface area contributed by atoms with Crippen LogP contribution in [0.2, 0.25) is 0 Å². The van der Waals surface area contributed by atoms with Crippen molar-refractivity contribution in [2.75, 3.05) is 14.1 Å². The first kappa shape index (κ1) is 15.6. The van der Waals surface area contributed by atoms with E-state index in [0.717, 1.165) is 0 Å². The van der Waals surface area contributed by atoms with Gasteiger partial charge in [-0.2, -0.15) is 0 Å². The number of hydrogen-bond acceptors (Lipinski definition) is 1. The van der Waals surface area contributed by atoms with E-state index in [0.29, 0.717) is 17.1 Å². The van der Waals surface area contributed by atoms with Crippen LogP contribution in [0.1, 0.15) is 33.9 Å². The van der Waals surface area contributed by atoms with Crippen molar-refractivity contribution in [3.63, 3.8) is 0 Å². The molecular weight excluding hydrogens is 286 g/mol. The minimum atomic E-state index is 0.562. The molecule has 1 heterocycles. The van der Waals surface area contributed by atoms with E-state index in [1.165, 1.54) is 28.2 Å². The molecule has 0 amide bonds. The van der Waals surface area contributed by atoms with Gasteiger partial charge in [-0.25, -0.2) is 4.58 Å². The second kappa shape index (κ2) is 6.08. The maximum absolute atomic E-state index is 2.40. The highest BCUT2D eigenvalue weighted by Crippen LogP contribution is 2.48. The lowest BCUT2D eigenvalue weighted by atomic mass is 9.82. The van der Waals surface area contributed by atoms with Crippen molar-refractivity contribution in [1.82, 2.24) is 0 Å². The highest BCUT2D eigenvalue weighted by molar-refractivity contribution is 8.14. The molecular formula is C20H26NS+. The Morgan fingerprint density at radius 1 is 1.00 bits per heavy atom. The summed E-state index contributed by atoms with van der Waals surface area (Å²) in [4.78, 5) is 0. The Labute approximate surface area is 138 Å². The number of rotatable bonds is 1. The first-order valence-electron chi connectivity index (χ1n) is 8.11. The Hall–Kier alpha value is -1.28. The Morgan fingerprint density at radius 2 is 1.64 bits per heavy atom. The van der Waals surface area contributed by atoms with Crippen LogP contribution in [0, 0.1) is 32.6 Å². The van der Waals surface area contributed by atoms with Gasteiger partial charge >= 0.3 is 0 Å². The first-order chi connectivity index (χ1) is 10.5. The molecule has 1 aromatic carbocycles. The van der Waals surface area contributed by atoms with Gasteiger partial charge in [0.15, 0.2) is 0 Å². The molecule has 0 saturated carbocycles. The first-order valence-corrected chi connectivity index (χ1v) is 8.99. The summed E-state index contributed by atoms with van der Waals surface area (Å²) in [6, 6.07) is 4.67. The van der Waals surface area contributed by atoms with Crippen LogP contribution in [-0.2, 0) is 0 Å². The smallest absolute Gasteiger partial charge is 0.218 e. The van der Waals surface area contributed by atoms with E-state index >= 15 is 0 Å². The summed E-state index contributed by atoms with van der Waals surface area (Å²) in [6.07, 6.45) is 10.4. The summed E-state index contributed by atoms with van der Waals surface area (Å²) in [5.74, 6) is 1.20. The van der Waals surface area contributed by atoms with Crippen LogP contribution in [-0.4, -0.2) is 23.7 Å². The Kier molecular flexibility index (Phi) is 4.31. The third-order valence-electron chi connectivity index (χ3n) is 4.78. The van der Waals surface area contributed by atoms with Crippen LogP contribution >= 0.6 is 11.8 Å². The van der Waals surface area contributed by atoms with Crippen molar-refractivity contribution in [2.45, 2.75) is 32.4 Å². The molecule has 0 spiro atoms. The third kappa shape index (κ3) is 2.81. The van der Waals surface area contributed by atoms with Gasteiger partial charge in [-0.1, -0.05) is 53.8 Å². The van der Waals surface area contributed by atoms with Crippen molar-refractivity contribution in [1.29, 1.82) is 0 Å². The molecule has 1 fully saturated rings. The zero-order valence-electron chi connectivity index (χ0n) is 14.3. The number of hydrogen-bond donors (Lipinski definition) is 0. The molecule has 1 saturated heterocycles. The van der Waals surface area contributed by atoms with Crippen LogP contribution < -0.4 is 0 Å². The van der Waals surface area contributed by atoms with Crippen LogP contribution in [0.15, 0.2) is 36.4 Å². The van der Waals surface area contributed by atoms with E-state index in [-0.39, 0.29) is 0 Å². The Balaban J connectivity index is 2.02. The van der Waals surface area contributed by atoms with E-state index in [1.807, 2.05) is 0 Å². The average molecular weight is 313 g/mol. The normalized spacial score (nSPS) is 27.0. The van der Waals surface area contributed by atoms with E-state index in [4.69, 9.17) is 0 Å². The van der Waals surface area contributed by atoms with E-state index in [9.17, 15) is 0 Å². The molecule has 3 atom stereocenters. The van der Waals surface area contributed by atoms with Gasteiger partial charge in [-0.15, -0.1) is 0 Å². The Morgan fingerprint density at radius 3 is 2.27 bits per heavy atom. The number of fused-ring (bicyclic) bond motifs is 1. The van der Waals surface area contributed by atoms with Gasteiger partial charge < -0.3 is 0 Å². The van der Waals surface area contributed by atoms with Crippen molar-refractivity contribution in [3.05, 3.63) is 58.7 Å². The van der Waals surface area contributed by atoms with E-state index < -0.39 is 0 Å². The van der Waals surface area contributed by atoms with E-state index in [2.05, 4.69) is 87.6 Å². The molecule has 1 aliphatic carbocycles. The molecule has 1 aromatic rings. The molecule has 1 nitrogen and oxygen atoms in total. The highest BCUT2D eigenvalue weighted by atomic mass is 32.2. The lowest BCUT2D eigenvalue weighted by molar-refractivity contribution is -0.464. The van der Waals surface area contributed by atoms with Crippen LogP contribution in [0.4, 0.5) is 0 Å². The second-order valence-electron chi connectivity index (χ2n) is 6.85. The second-order valence-corrected chi connectivity index (χ2v) is 8.07. The van der Waals surface area contributed by atoms with Gasteiger partial charge in [0.25, 0.3) is 0 Å². The largest absolute Gasteiger partial charge is 0.233 e. The summed E-state index contributed by atoms with van der Waals surface area (Å²) in [7, 11) is 4.37. The molecule has 116 valence electrons. The van der Waals surface area contributed by atoms with Crippen molar-refractivity contribution in [2.24, 2.45) is 11.8 Å². The molecule has 3 rings (SSSR count). The third-order valence-corrected chi connectivity index (χ3v) is 6.38. The summed E-state index contributed by atoms with van der Waals surface area (Å²) in [6.45, 7) is 6.74. The Bertz CT molecular complexity index is 654. The SMILES string of the molecule is Cc1cc(C)c(C2CC3C=CC=CC3C(=[N+](C)C)S2)c(C)c1. The lowest BCUT2D eigenvalue weighted by Crippen LogP contribution is -2.32. The number of aryl methyl sites for hydroxylation is 3. The molecule has 0 bridgehead atoms. The predicted molar refractivity (Wildman–Crippen MR) is 98.0 cm³/mol. The van der Waals surface area contributed by atoms with Crippen LogP contribution in [0.25, 0.3) is 0 Å². The van der Waals surface area contributed by atoms with Gasteiger partial charge in [0.05, 0.1) is 5.92 Å². The molecule has 3 unspecified atom stereocenters. The predicted octanol–water partition coefficient (Wildman–Crippen LogP) is 4.82. The monoisotopic (exact) mass is 312 g/mol. The zero-order valence-corrected chi connectivity index (χ0v) is 15.1. The fourth-order valence-electron chi connectivity index (χ4n) is 3.94. The molecule has 2 heteroatoms. The van der Waals surface area contributed by atoms with Gasteiger partial charge in [-0.05, 0) is 49.8 Å². The summed E-state index contributed by atoms with van der Waals surface area (Å²) < 4.78 is 2.32. The molecule has 1 aliphatic heterocycles. The minimum absolute atomic E-state index is 0.562.